The monoisotopic (exact) mass is 419 g/mol. The summed E-state index contributed by atoms with van der Waals surface area (Å²) in [6.45, 7) is 2.19. The van der Waals surface area contributed by atoms with Crippen molar-refractivity contribution in [1.82, 2.24) is 14.5 Å². The Bertz CT molecular complexity index is 1100. The molecule has 1 aromatic carbocycles. The van der Waals surface area contributed by atoms with Gasteiger partial charge >= 0.3 is 0 Å². The molecule has 154 valence electrons. The van der Waals surface area contributed by atoms with Gasteiger partial charge in [0.2, 0.25) is 5.16 Å². The fourth-order valence-electron chi connectivity index (χ4n) is 2.80. The van der Waals surface area contributed by atoms with Crippen LogP contribution in [0.5, 0.6) is 11.5 Å². The molecule has 0 N–H and O–H groups in total. The summed E-state index contributed by atoms with van der Waals surface area (Å²) in [6.07, 6.45) is 3.28. The number of rotatable bonds is 6. The Hall–Kier alpha value is -3.07. The summed E-state index contributed by atoms with van der Waals surface area (Å²) < 4.78 is 23.9. The van der Waals surface area contributed by atoms with Gasteiger partial charge < -0.3 is 14.0 Å². The Morgan fingerprint density at radius 2 is 1.76 bits per heavy atom. The van der Waals surface area contributed by atoms with Crippen LogP contribution in [0.1, 0.15) is 11.3 Å². The molecule has 0 spiro atoms. The average molecular weight is 419 g/mol. The van der Waals surface area contributed by atoms with Gasteiger partial charge in [0.25, 0.3) is 5.56 Å². The Kier molecular flexibility index (Phi) is 7.22. The van der Waals surface area contributed by atoms with Crippen molar-refractivity contribution in [2.45, 2.75) is 18.6 Å². The van der Waals surface area contributed by atoms with Gasteiger partial charge in [0.15, 0.2) is 11.5 Å². The van der Waals surface area contributed by atoms with Gasteiger partial charge in [-0.1, -0.05) is 6.07 Å². The predicted molar refractivity (Wildman–Crippen MR) is 110 cm³/mol. The molecule has 3 aromatic rings. The number of methoxy groups -OCH3 is 2. The summed E-state index contributed by atoms with van der Waals surface area (Å²) >= 11 is 0. The molecule has 9 heteroatoms. The highest BCUT2D eigenvalue weighted by atomic mass is 32.2. The van der Waals surface area contributed by atoms with Crippen LogP contribution in [0.25, 0.3) is 11.3 Å². The average Bonchev–Trinajstić information content (AvgIpc) is 2.69. The summed E-state index contributed by atoms with van der Waals surface area (Å²) in [4.78, 5) is 20.9. The van der Waals surface area contributed by atoms with E-state index in [-0.39, 0.29) is 15.4 Å². The maximum Gasteiger partial charge on any atom is 0.250 e. The number of halogens is 1. The molecule has 1 unspecified atom stereocenters. The first-order chi connectivity index (χ1) is 13.4. The number of nitrogens with zero attached hydrogens (tertiary/aromatic N) is 3. The van der Waals surface area contributed by atoms with Gasteiger partial charge in [-0.25, -0.2) is 9.97 Å². The highest BCUT2D eigenvalue weighted by Gasteiger charge is 2.10. The fraction of sp³-hybridized carbons (Fsp3) is 0.250. The van der Waals surface area contributed by atoms with Crippen LogP contribution in [0, 0.1) is 6.92 Å². The molecule has 0 fully saturated rings. The predicted octanol–water partition coefficient (Wildman–Crippen LogP) is 2.57. The third-order valence-electron chi connectivity index (χ3n) is 4.17. The van der Waals surface area contributed by atoms with Crippen molar-refractivity contribution >= 4 is 10.8 Å². The fourth-order valence-corrected chi connectivity index (χ4v) is 3.30. The van der Waals surface area contributed by atoms with Crippen LogP contribution in [0.2, 0.25) is 0 Å². The van der Waals surface area contributed by atoms with Crippen LogP contribution < -0.4 is 15.0 Å². The number of aromatic nitrogens is 3. The minimum Gasteiger partial charge on any atom is -0.493 e. The molecule has 7 nitrogen and oxygen atoms in total. The SMILES string of the molecule is COc1ccc(Cn2cc(-c3cc(C)nc(S(C)=O)n3)ccc2=O)cc1OC.F. The lowest BCUT2D eigenvalue weighted by molar-refractivity contribution is 0.354. The van der Waals surface area contributed by atoms with Crippen molar-refractivity contribution < 1.29 is 18.4 Å². The van der Waals surface area contributed by atoms with E-state index in [1.54, 1.807) is 43.2 Å². The van der Waals surface area contributed by atoms with Crippen molar-refractivity contribution in [3.05, 3.63) is 64.2 Å². The number of benzene rings is 1. The zero-order valence-electron chi connectivity index (χ0n) is 16.5. The van der Waals surface area contributed by atoms with E-state index in [9.17, 15) is 9.00 Å². The van der Waals surface area contributed by atoms with Gasteiger partial charge in [-0.15, -0.1) is 0 Å². The lowest BCUT2D eigenvalue weighted by atomic mass is 10.1. The molecule has 2 heterocycles. The summed E-state index contributed by atoms with van der Waals surface area (Å²) in [7, 11) is 1.86. The van der Waals surface area contributed by atoms with E-state index in [1.807, 2.05) is 19.1 Å². The minimum atomic E-state index is -1.29. The van der Waals surface area contributed by atoms with Crippen molar-refractivity contribution in [2.24, 2.45) is 0 Å². The van der Waals surface area contributed by atoms with E-state index in [0.717, 1.165) is 11.1 Å². The lowest BCUT2D eigenvalue weighted by Gasteiger charge is -2.12. The van der Waals surface area contributed by atoms with E-state index in [2.05, 4.69) is 9.97 Å². The maximum absolute atomic E-state index is 12.4. The van der Waals surface area contributed by atoms with Crippen molar-refractivity contribution in [2.75, 3.05) is 20.5 Å². The highest BCUT2D eigenvalue weighted by molar-refractivity contribution is 7.84. The molecule has 3 rings (SSSR count). The van der Waals surface area contributed by atoms with Gasteiger partial charge in [0.05, 0.1) is 37.3 Å². The molecule has 0 radical (unpaired) electrons. The molecular weight excluding hydrogens is 397 g/mol. The lowest BCUT2D eigenvalue weighted by Crippen LogP contribution is -2.19. The Labute approximate surface area is 170 Å². The van der Waals surface area contributed by atoms with E-state index < -0.39 is 10.8 Å². The molecule has 0 bridgehead atoms. The molecule has 0 saturated carbocycles. The van der Waals surface area contributed by atoms with Crippen LogP contribution in [0.4, 0.5) is 4.70 Å². The molecule has 0 aliphatic carbocycles. The molecule has 0 amide bonds. The number of ether oxygens (including phenoxy) is 2. The molecule has 0 aliphatic heterocycles. The zero-order chi connectivity index (χ0) is 20.3. The second-order valence-corrected chi connectivity index (χ2v) is 7.48. The van der Waals surface area contributed by atoms with E-state index in [0.29, 0.717) is 29.4 Å². The first-order valence-electron chi connectivity index (χ1n) is 8.52. The third kappa shape index (κ3) is 5.05. The Morgan fingerprint density at radius 1 is 1.03 bits per heavy atom. The Balaban J connectivity index is 0.00000300. The zero-order valence-corrected chi connectivity index (χ0v) is 17.4. The smallest absolute Gasteiger partial charge is 0.250 e. The topological polar surface area (TPSA) is 83.3 Å². The van der Waals surface area contributed by atoms with Crippen molar-refractivity contribution in [3.8, 4) is 22.8 Å². The molecule has 2 aromatic heterocycles. The quantitative estimate of drug-likeness (QED) is 0.571. The van der Waals surface area contributed by atoms with Crippen LogP contribution in [0.15, 0.2) is 52.5 Å². The van der Waals surface area contributed by atoms with Gasteiger partial charge in [0.1, 0.15) is 0 Å². The van der Waals surface area contributed by atoms with Crippen LogP contribution >= 0.6 is 0 Å². The highest BCUT2D eigenvalue weighted by Crippen LogP contribution is 2.28. The van der Waals surface area contributed by atoms with Gasteiger partial charge in [-0.3, -0.25) is 13.7 Å². The minimum absolute atomic E-state index is 0. The molecular formula is C20H22FN3O4S. The van der Waals surface area contributed by atoms with Crippen molar-refractivity contribution in [3.63, 3.8) is 0 Å². The standard InChI is InChI=1S/C20H21N3O4S.FH/c1-13-9-16(22-20(21-13)28(4)25)15-6-8-19(24)23(12-15)11-14-5-7-17(26-2)18(10-14)27-3;/h5-10,12H,11H2,1-4H3;1H. The van der Waals surface area contributed by atoms with E-state index in [4.69, 9.17) is 9.47 Å². The summed E-state index contributed by atoms with van der Waals surface area (Å²) in [6, 6.07) is 10.5. The summed E-state index contributed by atoms with van der Waals surface area (Å²) in [5.41, 5.74) is 2.85. The molecule has 29 heavy (non-hydrogen) atoms. The largest absolute Gasteiger partial charge is 0.493 e. The maximum atomic E-state index is 12.4. The van der Waals surface area contributed by atoms with E-state index in [1.165, 1.54) is 12.3 Å². The second-order valence-electron chi connectivity index (χ2n) is 6.20. The van der Waals surface area contributed by atoms with Crippen LogP contribution in [-0.4, -0.2) is 39.2 Å². The molecule has 1 atom stereocenters. The van der Waals surface area contributed by atoms with Gasteiger partial charge in [-0.2, -0.15) is 0 Å². The van der Waals surface area contributed by atoms with Crippen LogP contribution in [-0.2, 0) is 17.3 Å². The van der Waals surface area contributed by atoms with E-state index >= 15 is 0 Å². The summed E-state index contributed by atoms with van der Waals surface area (Å²) in [5, 5.41) is 0.271. The van der Waals surface area contributed by atoms with Gasteiger partial charge in [-0.05, 0) is 36.8 Å². The number of hydrogen-bond donors (Lipinski definition) is 0. The van der Waals surface area contributed by atoms with Crippen molar-refractivity contribution in [1.29, 1.82) is 0 Å². The number of hydrogen-bond acceptors (Lipinski definition) is 6. The van der Waals surface area contributed by atoms with Gasteiger partial charge in [0, 0.05) is 29.8 Å². The third-order valence-corrected chi connectivity index (χ3v) is 4.87. The number of pyridine rings is 1. The summed E-state index contributed by atoms with van der Waals surface area (Å²) in [5.74, 6) is 1.23. The second kappa shape index (κ2) is 9.42. The normalized spacial score (nSPS) is 11.4. The first-order valence-corrected chi connectivity index (χ1v) is 10.1. The number of aryl methyl sites for hydroxylation is 1. The molecule has 0 aliphatic rings. The van der Waals surface area contributed by atoms with Crippen LogP contribution in [0.3, 0.4) is 0 Å². The Morgan fingerprint density at radius 3 is 2.41 bits per heavy atom. The molecule has 0 saturated heterocycles. The first kappa shape index (κ1) is 22.2.